The van der Waals surface area contributed by atoms with Gasteiger partial charge in [0.25, 0.3) is 0 Å². The molecule has 0 aliphatic carbocycles. The Labute approximate surface area is 218 Å². The molecule has 4 N–H and O–H groups in total. The Morgan fingerprint density at radius 3 is 2.05 bits per heavy atom. The molecule has 9 heteroatoms. The van der Waals surface area contributed by atoms with E-state index in [1.807, 2.05) is 54.6 Å². The number of benzene rings is 2. The fraction of sp³-hybridized carbons (Fsp3) is 0.464. The van der Waals surface area contributed by atoms with E-state index in [4.69, 9.17) is 9.47 Å². The second-order valence-electron chi connectivity index (χ2n) is 9.77. The number of hydrogen-bond acceptors (Lipinski definition) is 7. The number of amides is 2. The summed E-state index contributed by atoms with van der Waals surface area (Å²) < 4.78 is 10.6. The molecule has 37 heavy (non-hydrogen) atoms. The second-order valence-corrected chi connectivity index (χ2v) is 9.77. The highest BCUT2D eigenvalue weighted by Crippen LogP contribution is 2.14. The Balaban J connectivity index is 2.20. The van der Waals surface area contributed by atoms with Gasteiger partial charge in [-0.3, -0.25) is 14.9 Å². The van der Waals surface area contributed by atoms with Crippen molar-refractivity contribution in [3.63, 3.8) is 0 Å². The maximum Gasteiger partial charge on any atom is 0.407 e. The minimum Gasteiger partial charge on any atom is -0.465 e. The summed E-state index contributed by atoms with van der Waals surface area (Å²) in [6.07, 6.45) is -1.73. The number of esters is 1. The molecule has 2 rings (SSSR count). The van der Waals surface area contributed by atoms with Crippen molar-refractivity contribution in [2.75, 3.05) is 6.61 Å². The molecule has 0 aliphatic rings. The van der Waals surface area contributed by atoms with Crippen LogP contribution in [0.25, 0.3) is 0 Å². The molecular formula is C28H39N3O6. The lowest BCUT2D eigenvalue weighted by Crippen LogP contribution is -2.57. The van der Waals surface area contributed by atoms with Crippen molar-refractivity contribution in [2.24, 2.45) is 0 Å². The standard InChI is InChI=1S/C28H39N3O6/c1-6-36-26(34)24(30-18-22-14-12-21(13-15-22)17-29-19(2)32)25(33)23(16-20-10-8-7-9-11-20)31-27(35)37-28(3,4)5/h7-15,23-25,30,33H,6,16-18H2,1-5H3,(H,29,32)(H,31,35)/t23-,24+,25+/m0/s1. The van der Waals surface area contributed by atoms with Crippen LogP contribution in [0.2, 0.25) is 0 Å². The van der Waals surface area contributed by atoms with Crippen molar-refractivity contribution in [3.05, 3.63) is 71.3 Å². The van der Waals surface area contributed by atoms with E-state index >= 15 is 0 Å². The van der Waals surface area contributed by atoms with Crippen LogP contribution in [-0.2, 0) is 38.6 Å². The van der Waals surface area contributed by atoms with Gasteiger partial charge in [0.15, 0.2) is 0 Å². The summed E-state index contributed by atoms with van der Waals surface area (Å²) >= 11 is 0. The van der Waals surface area contributed by atoms with E-state index in [2.05, 4.69) is 16.0 Å². The third-order valence-corrected chi connectivity index (χ3v) is 5.39. The minimum atomic E-state index is -1.31. The number of rotatable bonds is 12. The van der Waals surface area contributed by atoms with E-state index in [-0.39, 0.29) is 25.5 Å². The molecule has 9 nitrogen and oxygen atoms in total. The molecule has 2 aromatic rings. The van der Waals surface area contributed by atoms with E-state index in [0.717, 1.165) is 16.7 Å². The van der Waals surface area contributed by atoms with Crippen molar-refractivity contribution in [1.29, 1.82) is 0 Å². The molecule has 0 spiro atoms. The Morgan fingerprint density at radius 2 is 1.51 bits per heavy atom. The van der Waals surface area contributed by atoms with Crippen LogP contribution in [0.1, 0.15) is 51.3 Å². The molecule has 3 atom stereocenters. The summed E-state index contributed by atoms with van der Waals surface area (Å²) in [7, 11) is 0. The van der Waals surface area contributed by atoms with Crippen LogP contribution in [0, 0.1) is 0 Å². The van der Waals surface area contributed by atoms with Gasteiger partial charge in [0, 0.05) is 20.0 Å². The third kappa shape index (κ3) is 11.0. The monoisotopic (exact) mass is 513 g/mol. The van der Waals surface area contributed by atoms with E-state index in [9.17, 15) is 19.5 Å². The van der Waals surface area contributed by atoms with Crippen molar-refractivity contribution in [1.82, 2.24) is 16.0 Å². The van der Waals surface area contributed by atoms with Gasteiger partial charge in [-0.15, -0.1) is 0 Å². The van der Waals surface area contributed by atoms with Gasteiger partial charge in [0.05, 0.1) is 12.6 Å². The van der Waals surface area contributed by atoms with Gasteiger partial charge in [-0.25, -0.2) is 4.79 Å². The first-order valence-corrected chi connectivity index (χ1v) is 12.4. The predicted molar refractivity (Wildman–Crippen MR) is 141 cm³/mol. The zero-order valence-electron chi connectivity index (χ0n) is 22.2. The quantitative estimate of drug-likeness (QED) is 0.322. The Bertz CT molecular complexity index is 1000. The average molecular weight is 514 g/mol. The lowest BCUT2D eigenvalue weighted by molar-refractivity contribution is -0.149. The zero-order chi connectivity index (χ0) is 27.4. The van der Waals surface area contributed by atoms with Gasteiger partial charge in [0.2, 0.25) is 5.91 Å². The molecule has 0 fully saturated rings. The molecule has 2 amide bonds. The molecule has 0 aromatic heterocycles. The summed E-state index contributed by atoms with van der Waals surface area (Å²) in [5.74, 6) is -0.733. The van der Waals surface area contributed by atoms with Gasteiger partial charge in [-0.1, -0.05) is 54.6 Å². The van der Waals surface area contributed by atoms with Crippen LogP contribution in [0.3, 0.4) is 0 Å². The first kappa shape index (κ1) is 29.8. The maximum atomic E-state index is 12.9. The average Bonchev–Trinajstić information content (AvgIpc) is 2.82. The number of carbonyl (C=O) groups is 3. The van der Waals surface area contributed by atoms with Crippen LogP contribution >= 0.6 is 0 Å². The van der Waals surface area contributed by atoms with Crippen LogP contribution in [0.5, 0.6) is 0 Å². The number of aliphatic hydroxyl groups is 1. The van der Waals surface area contributed by atoms with Crippen LogP contribution in [0.4, 0.5) is 4.79 Å². The number of nitrogens with one attached hydrogen (secondary N) is 3. The highest BCUT2D eigenvalue weighted by atomic mass is 16.6. The molecule has 0 saturated heterocycles. The first-order valence-electron chi connectivity index (χ1n) is 12.4. The molecule has 0 unspecified atom stereocenters. The van der Waals surface area contributed by atoms with E-state index in [1.54, 1.807) is 27.7 Å². The van der Waals surface area contributed by atoms with Crippen molar-refractivity contribution in [2.45, 2.75) is 77.9 Å². The van der Waals surface area contributed by atoms with Gasteiger partial charge < -0.3 is 25.2 Å². The molecule has 0 saturated carbocycles. The SMILES string of the molecule is CCOC(=O)[C@H](NCc1ccc(CNC(C)=O)cc1)[C@H](O)[C@H](Cc1ccccc1)NC(=O)OC(C)(C)C. The predicted octanol–water partition coefficient (Wildman–Crippen LogP) is 2.84. The Morgan fingerprint density at radius 1 is 0.919 bits per heavy atom. The lowest BCUT2D eigenvalue weighted by atomic mass is 9.96. The Hall–Kier alpha value is -3.43. The molecule has 0 bridgehead atoms. The molecule has 2 aromatic carbocycles. The number of alkyl carbamates (subject to hydrolysis) is 1. The number of aliphatic hydroxyl groups excluding tert-OH is 1. The summed E-state index contributed by atoms with van der Waals surface area (Å²) in [6, 6.07) is 14.9. The fourth-order valence-electron chi connectivity index (χ4n) is 3.62. The summed E-state index contributed by atoms with van der Waals surface area (Å²) in [6.45, 7) is 9.23. The third-order valence-electron chi connectivity index (χ3n) is 5.39. The highest BCUT2D eigenvalue weighted by molar-refractivity contribution is 5.77. The lowest BCUT2D eigenvalue weighted by Gasteiger charge is -2.31. The van der Waals surface area contributed by atoms with E-state index in [1.165, 1.54) is 6.92 Å². The normalized spacial score (nSPS) is 13.7. The summed E-state index contributed by atoms with van der Waals surface area (Å²) in [4.78, 5) is 36.6. The van der Waals surface area contributed by atoms with Gasteiger partial charge in [-0.05, 0) is 50.8 Å². The first-order chi connectivity index (χ1) is 17.5. The van der Waals surface area contributed by atoms with Crippen molar-refractivity contribution in [3.8, 4) is 0 Å². The molecular weight excluding hydrogens is 474 g/mol. The van der Waals surface area contributed by atoms with Crippen LogP contribution < -0.4 is 16.0 Å². The highest BCUT2D eigenvalue weighted by Gasteiger charge is 2.35. The van der Waals surface area contributed by atoms with Crippen molar-refractivity contribution >= 4 is 18.0 Å². The fourth-order valence-corrected chi connectivity index (χ4v) is 3.62. The smallest absolute Gasteiger partial charge is 0.407 e. The zero-order valence-corrected chi connectivity index (χ0v) is 22.2. The maximum absolute atomic E-state index is 12.9. The largest absolute Gasteiger partial charge is 0.465 e. The topological polar surface area (TPSA) is 126 Å². The van der Waals surface area contributed by atoms with Crippen molar-refractivity contribution < 1.29 is 29.0 Å². The molecule has 202 valence electrons. The number of ether oxygens (including phenoxy) is 2. The van der Waals surface area contributed by atoms with Crippen LogP contribution in [0.15, 0.2) is 54.6 Å². The van der Waals surface area contributed by atoms with E-state index < -0.39 is 35.9 Å². The molecule has 0 radical (unpaired) electrons. The van der Waals surface area contributed by atoms with E-state index in [0.29, 0.717) is 6.54 Å². The number of hydrogen-bond donors (Lipinski definition) is 4. The van der Waals surface area contributed by atoms with Gasteiger partial charge >= 0.3 is 12.1 Å². The van der Waals surface area contributed by atoms with Gasteiger partial charge in [0.1, 0.15) is 17.7 Å². The van der Waals surface area contributed by atoms with Crippen LogP contribution in [-0.4, -0.2) is 53.5 Å². The molecule has 0 aliphatic heterocycles. The van der Waals surface area contributed by atoms with Gasteiger partial charge in [-0.2, -0.15) is 0 Å². The summed E-state index contributed by atoms with van der Waals surface area (Å²) in [5.41, 5.74) is 1.95. The summed E-state index contributed by atoms with van der Waals surface area (Å²) in [5, 5.41) is 19.9. The Kier molecular flexibility index (Phi) is 11.6. The molecule has 0 heterocycles. The minimum absolute atomic E-state index is 0.109. The number of carbonyl (C=O) groups excluding carboxylic acids is 3. The second kappa shape index (κ2) is 14.3.